The molecule has 0 aromatic carbocycles. The third-order valence-electron chi connectivity index (χ3n) is 3.49. The molecule has 0 aromatic rings. The van der Waals surface area contributed by atoms with E-state index in [4.69, 9.17) is 0 Å². The van der Waals surface area contributed by atoms with Crippen LogP contribution in [-0.2, 0) is 15.0 Å². The smallest absolute Gasteiger partial charge is 0.322 e. The van der Waals surface area contributed by atoms with Crippen LogP contribution in [0.15, 0.2) is 0 Å². The Labute approximate surface area is 118 Å². The van der Waals surface area contributed by atoms with Crippen molar-refractivity contribution in [3.05, 3.63) is 0 Å². The van der Waals surface area contributed by atoms with Crippen molar-refractivity contribution in [3.63, 3.8) is 0 Å². The molecule has 2 fully saturated rings. The van der Waals surface area contributed by atoms with Crippen LogP contribution in [0.4, 0.5) is 4.79 Å². The summed E-state index contributed by atoms with van der Waals surface area (Å²) in [5.74, 6) is -0.260. The van der Waals surface area contributed by atoms with Gasteiger partial charge in [-0.1, -0.05) is 13.8 Å². The lowest BCUT2D eigenvalue weighted by Crippen LogP contribution is -2.61. The van der Waals surface area contributed by atoms with E-state index in [-0.39, 0.29) is 12.5 Å². The number of carbonyl (C=O) groups is 2. The van der Waals surface area contributed by atoms with Gasteiger partial charge in [0.15, 0.2) is 0 Å². The molecule has 2 aliphatic rings. The molecule has 1 atom stereocenters. The number of nitrogens with one attached hydrogen (secondary N) is 3. The Morgan fingerprint density at radius 2 is 2.10 bits per heavy atom. The van der Waals surface area contributed by atoms with Crippen LogP contribution < -0.4 is 15.4 Å². The van der Waals surface area contributed by atoms with E-state index in [9.17, 15) is 18.0 Å². The zero-order valence-electron chi connectivity index (χ0n) is 11.6. The molecule has 0 bridgehead atoms. The van der Waals surface area contributed by atoms with Crippen LogP contribution in [0.3, 0.4) is 0 Å². The highest BCUT2D eigenvalue weighted by Gasteiger charge is 2.50. The predicted molar refractivity (Wildman–Crippen MR) is 72.0 cm³/mol. The average molecular weight is 304 g/mol. The number of hydrogen-bond donors (Lipinski definition) is 3. The second-order valence-corrected chi connectivity index (χ2v) is 7.43. The first-order valence-electron chi connectivity index (χ1n) is 6.63. The van der Waals surface area contributed by atoms with Crippen molar-refractivity contribution in [2.75, 3.05) is 19.6 Å². The molecule has 2 rings (SSSR count). The highest BCUT2D eigenvalue weighted by Crippen LogP contribution is 2.25. The van der Waals surface area contributed by atoms with Gasteiger partial charge in [0, 0.05) is 19.6 Å². The van der Waals surface area contributed by atoms with Crippen LogP contribution in [0.1, 0.15) is 26.7 Å². The van der Waals surface area contributed by atoms with Crippen molar-refractivity contribution in [1.82, 2.24) is 19.7 Å². The summed E-state index contributed by atoms with van der Waals surface area (Å²) >= 11 is 0. The monoisotopic (exact) mass is 304 g/mol. The number of amides is 3. The van der Waals surface area contributed by atoms with Gasteiger partial charge in [0.2, 0.25) is 0 Å². The number of nitrogens with zero attached hydrogens (tertiary/aromatic N) is 1. The molecule has 2 aliphatic heterocycles. The van der Waals surface area contributed by atoms with Gasteiger partial charge in [-0.15, -0.1) is 0 Å². The van der Waals surface area contributed by atoms with E-state index >= 15 is 0 Å². The number of rotatable bonds is 4. The SMILES string of the molecule is CC(C)CNS(=O)(=O)N1CCCC2(C1)NC(=O)NC2=O. The first-order valence-corrected chi connectivity index (χ1v) is 8.07. The van der Waals surface area contributed by atoms with E-state index in [0.29, 0.717) is 25.9 Å². The molecule has 1 unspecified atom stereocenters. The number of urea groups is 1. The van der Waals surface area contributed by atoms with Gasteiger partial charge >= 0.3 is 6.03 Å². The fourth-order valence-corrected chi connectivity index (χ4v) is 3.89. The minimum atomic E-state index is -3.63. The first-order chi connectivity index (χ1) is 9.25. The van der Waals surface area contributed by atoms with Crippen LogP contribution in [0.25, 0.3) is 0 Å². The zero-order valence-corrected chi connectivity index (χ0v) is 12.4. The van der Waals surface area contributed by atoms with Gasteiger partial charge in [-0.05, 0) is 18.8 Å². The van der Waals surface area contributed by atoms with E-state index in [1.165, 1.54) is 4.31 Å². The zero-order chi connectivity index (χ0) is 15.0. The van der Waals surface area contributed by atoms with Crippen LogP contribution in [-0.4, -0.2) is 49.8 Å². The Morgan fingerprint density at radius 1 is 1.40 bits per heavy atom. The summed E-state index contributed by atoms with van der Waals surface area (Å²) in [5, 5.41) is 4.72. The van der Waals surface area contributed by atoms with Crippen molar-refractivity contribution >= 4 is 22.1 Å². The van der Waals surface area contributed by atoms with Crippen molar-refractivity contribution in [1.29, 1.82) is 0 Å². The lowest BCUT2D eigenvalue weighted by Gasteiger charge is -2.37. The second-order valence-electron chi connectivity index (χ2n) is 5.67. The van der Waals surface area contributed by atoms with Crippen LogP contribution in [0, 0.1) is 5.92 Å². The molecule has 8 nitrogen and oxygen atoms in total. The van der Waals surface area contributed by atoms with Gasteiger partial charge in [-0.3, -0.25) is 10.1 Å². The van der Waals surface area contributed by atoms with Gasteiger partial charge in [-0.2, -0.15) is 12.7 Å². The molecule has 3 N–H and O–H groups in total. The average Bonchev–Trinajstić information content (AvgIpc) is 2.61. The number of hydrogen-bond acceptors (Lipinski definition) is 4. The molecular weight excluding hydrogens is 284 g/mol. The Hall–Kier alpha value is -1.19. The summed E-state index contributed by atoms with van der Waals surface area (Å²) in [6, 6.07) is -0.565. The lowest BCUT2D eigenvalue weighted by molar-refractivity contribution is -0.125. The maximum atomic E-state index is 12.2. The summed E-state index contributed by atoms with van der Waals surface area (Å²) in [6.45, 7) is 4.47. The van der Waals surface area contributed by atoms with Crippen molar-refractivity contribution in [2.45, 2.75) is 32.2 Å². The molecule has 114 valence electrons. The van der Waals surface area contributed by atoms with Gasteiger partial charge in [0.1, 0.15) is 5.54 Å². The fourth-order valence-electron chi connectivity index (χ4n) is 2.40. The van der Waals surface area contributed by atoms with Crippen molar-refractivity contribution in [3.8, 4) is 0 Å². The summed E-state index contributed by atoms with van der Waals surface area (Å²) in [7, 11) is -3.63. The van der Waals surface area contributed by atoms with Crippen LogP contribution >= 0.6 is 0 Å². The molecule has 0 aliphatic carbocycles. The van der Waals surface area contributed by atoms with Gasteiger partial charge < -0.3 is 5.32 Å². The molecule has 3 amide bonds. The molecule has 0 saturated carbocycles. The fraction of sp³-hybridized carbons (Fsp3) is 0.818. The first kappa shape index (κ1) is 15.2. The minimum absolute atomic E-state index is 0.0298. The van der Waals surface area contributed by atoms with Crippen LogP contribution in [0.2, 0.25) is 0 Å². The number of carbonyl (C=O) groups excluding carboxylic acids is 2. The van der Waals surface area contributed by atoms with E-state index in [2.05, 4.69) is 15.4 Å². The van der Waals surface area contributed by atoms with Gasteiger partial charge in [0.25, 0.3) is 16.1 Å². The quantitative estimate of drug-likeness (QED) is 0.588. The van der Waals surface area contributed by atoms with Crippen LogP contribution in [0.5, 0.6) is 0 Å². The topological polar surface area (TPSA) is 108 Å². The minimum Gasteiger partial charge on any atom is -0.322 e. The highest BCUT2D eigenvalue weighted by molar-refractivity contribution is 7.87. The predicted octanol–water partition coefficient (Wildman–Crippen LogP) is -0.849. The maximum absolute atomic E-state index is 12.2. The van der Waals surface area contributed by atoms with E-state index in [1.54, 1.807) is 0 Å². The molecule has 1 spiro atoms. The number of imide groups is 1. The van der Waals surface area contributed by atoms with Crippen molar-refractivity contribution < 1.29 is 18.0 Å². The molecular formula is C11H20N4O4S. The maximum Gasteiger partial charge on any atom is 0.322 e. The van der Waals surface area contributed by atoms with Crippen molar-refractivity contribution in [2.24, 2.45) is 5.92 Å². The molecule has 9 heteroatoms. The molecule has 0 radical (unpaired) electrons. The molecule has 0 aromatic heterocycles. The highest BCUT2D eigenvalue weighted by atomic mass is 32.2. The molecule has 2 heterocycles. The summed E-state index contributed by atoms with van der Waals surface area (Å²) in [6.07, 6.45) is 0.969. The Balaban J connectivity index is 2.11. The Morgan fingerprint density at radius 3 is 2.65 bits per heavy atom. The van der Waals surface area contributed by atoms with E-state index in [1.807, 2.05) is 13.8 Å². The third kappa shape index (κ3) is 2.94. The summed E-state index contributed by atoms with van der Waals surface area (Å²) in [4.78, 5) is 23.1. The van der Waals surface area contributed by atoms with Gasteiger partial charge in [-0.25, -0.2) is 9.52 Å². The Bertz CT molecular complexity index is 519. The molecule has 20 heavy (non-hydrogen) atoms. The van der Waals surface area contributed by atoms with Gasteiger partial charge in [0.05, 0.1) is 0 Å². The van der Waals surface area contributed by atoms with E-state index in [0.717, 1.165) is 0 Å². The largest absolute Gasteiger partial charge is 0.322 e. The lowest BCUT2D eigenvalue weighted by atomic mass is 9.90. The molecule has 2 saturated heterocycles. The second kappa shape index (κ2) is 5.30. The normalized spacial score (nSPS) is 27.9. The summed E-state index contributed by atoms with van der Waals surface area (Å²) < 4.78 is 28.1. The summed E-state index contributed by atoms with van der Waals surface area (Å²) in [5.41, 5.74) is -1.12. The Kier molecular flexibility index (Phi) is 4.03. The standard InChI is InChI=1S/C11H20N4O4S/c1-8(2)6-12-20(18,19)15-5-3-4-11(7-15)9(16)13-10(17)14-11/h8,12H,3-7H2,1-2H3,(H2,13,14,16,17). The third-order valence-corrected chi connectivity index (χ3v) is 5.01. The van der Waals surface area contributed by atoms with E-state index < -0.39 is 27.7 Å². The number of piperidine rings is 1.